The average molecular weight is 551 g/mol. The van der Waals surface area contributed by atoms with Crippen molar-refractivity contribution in [3.63, 3.8) is 0 Å². The molecule has 0 radical (unpaired) electrons. The highest BCUT2D eigenvalue weighted by Gasteiger charge is 2.29. The van der Waals surface area contributed by atoms with E-state index < -0.39 is 17.7 Å². The number of hydrogen-bond acceptors (Lipinski definition) is 6. The first-order valence-corrected chi connectivity index (χ1v) is 12.8. The van der Waals surface area contributed by atoms with Crippen LogP contribution in [0.4, 0.5) is 29.3 Å². The van der Waals surface area contributed by atoms with E-state index in [1.165, 1.54) is 12.1 Å². The van der Waals surface area contributed by atoms with E-state index in [4.69, 9.17) is 10.5 Å². The number of hydrogen-bond donors (Lipinski definition) is 2. The molecule has 1 aliphatic rings. The van der Waals surface area contributed by atoms with Gasteiger partial charge in [0.25, 0.3) is 0 Å². The van der Waals surface area contributed by atoms with Crippen molar-refractivity contribution in [2.75, 3.05) is 37.5 Å². The number of nitrogens with one attached hydrogen (secondary N) is 1. The lowest BCUT2D eigenvalue weighted by molar-refractivity contribution is 0.0731. The Kier molecular flexibility index (Phi) is 7.64. The molecule has 3 aromatic carbocycles. The number of aromatic nitrogens is 1. The summed E-state index contributed by atoms with van der Waals surface area (Å²) in [6.45, 7) is 2.90. The lowest BCUT2D eigenvalue weighted by Gasteiger charge is -2.38. The number of rotatable bonds is 5. The summed E-state index contributed by atoms with van der Waals surface area (Å²) in [6, 6.07) is 11.6. The highest BCUT2D eigenvalue weighted by Crippen LogP contribution is 2.41. The topological polar surface area (TPSA) is 89.7 Å². The minimum atomic E-state index is -0.948. The maximum absolute atomic E-state index is 14.9. The normalized spacial score (nSPS) is 17.2. The highest BCUT2D eigenvalue weighted by atomic mass is 19.1. The molecule has 2 heterocycles. The van der Waals surface area contributed by atoms with Gasteiger partial charge in [0, 0.05) is 55.0 Å². The molecule has 40 heavy (non-hydrogen) atoms. The molecule has 0 spiro atoms. The second-order valence-electron chi connectivity index (χ2n) is 9.87. The van der Waals surface area contributed by atoms with E-state index in [1.807, 2.05) is 13.0 Å². The zero-order chi connectivity index (χ0) is 28.6. The van der Waals surface area contributed by atoms with Crippen LogP contribution in [0.1, 0.15) is 12.0 Å². The molecular formula is C30H29F3N4O3. The first-order valence-electron chi connectivity index (χ1n) is 12.8. The third kappa shape index (κ3) is 5.32. The van der Waals surface area contributed by atoms with E-state index in [-0.39, 0.29) is 29.2 Å². The number of aryl methyl sites for hydroxylation is 1. The summed E-state index contributed by atoms with van der Waals surface area (Å²) in [4.78, 5) is 18.7. The minimum absolute atomic E-state index is 0.123. The number of carbonyl (C=O) groups is 1. The molecule has 2 atom stereocenters. The van der Waals surface area contributed by atoms with Crippen molar-refractivity contribution < 1.29 is 27.4 Å². The number of carbonyl (C=O) groups excluding carboxylic acids is 1. The van der Waals surface area contributed by atoms with Crippen molar-refractivity contribution >= 4 is 28.4 Å². The summed E-state index contributed by atoms with van der Waals surface area (Å²) in [6.07, 6.45) is 1.23. The monoisotopic (exact) mass is 550 g/mol. The number of benzene rings is 3. The first-order chi connectivity index (χ1) is 19.2. The van der Waals surface area contributed by atoms with Crippen molar-refractivity contribution in [1.29, 1.82) is 0 Å². The number of amides is 1. The first kappa shape index (κ1) is 27.4. The van der Waals surface area contributed by atoms with Gasteiger partial charge in [-0.15, -0.1) is 0 Å². The van der Waals surface area contributed by atoms with Crippen LogP contribution in [0.15, 0.2) is 54.7 Å². The predicted molar refractivity (Wildman–Crippen MR) is 149 cm³/mol. The van der Waals surface area contributed by atoms with Gasteiger partial charge in [-0.25, -0.2) is 18.0 Å². The number of fused-ring (bicyclic) bond motifs is 1. The van der Waals surface area contributed by atoms with Crippen LogP contribution in [-0.2, 0) is 9.47 Å². The molecule has 0 aliphatic carbocycles. The molecule has 208 valence electrons. The van der Waals surface area contributed by atoms with E-state index in [0.717, 1.165) is 24.4 Å². The second-order valence-corrected chi connectivity index (χ2v) is 9.87. The lowest BCUT2D eigenvalue weighted by Crippen LogP contribution is -2.51. The number of nitrogens with zero attached hydrogens (tertiary/aromatic N) is 2. The molecule has 4 aromatic rings. The molecule has 5 rings (SSSR count). The van der Waals surface area contributed by atoms with E-state index in [2.05, 4.69) is 19.9 Å². The fraction of sp³-hybridized carbons (Fsp3) is 0.267. The summed E-state index contributed by atoms with van der Waals surface area (Å²) in [5.74, 6) is -2.13. The Hall–Kier alpha value is -4.15. The third-order valence-corrected chi connectivity index (χ3v) is 7.20. The molecule has 1 aromatic heterocycles. The van der Waals surface area contributed by atoms with Crippen LogP contribution in [-0.4, -0.2) is 50.5 Å². The van der Waals surface area contributed by atoms with Crippen molar-refractivity contribution in [1.82, 2.24) is 4.98 Å². The molecule has 0 bridgehead atoms. The van der Waals surface area contributed by atoms with Crippen LogP contribution < -0.4 is 16.0 Å². The Morgan fingerprint density at radius 1 is 1.02 bits per heavy atom. The average Bonchev–Trinajstić information content (AvgIpc) is 2.93. The molecule has 1 aliphatic heterocycles. The number of nitrogens with two attached hydrogens (primary N) is 1. The molecule has 1 fully saturated rings. The van der Waals surface area contributed by atoms with Crippen LogP contribution >= 0.6 is 0 Å². The Labute approximate surface area is 229 Å². The van der Waals surface area contributed by atoms with Gasteiger partial charge < -0.3 is 20.1 Å². The summed E-state index contributed by atoms with van der Waals surface area (Å²) in [7, 11) is 2.76. The van der Waals surface area contributed by atoms with Crippen LogP contribution in [0.3, 0.4) is 0 Å². The van der Waals surface area contributed by atoms with E-state index in [0.29, 0.717) is 53.2 Å². The quantitative estimate of drug-likeness (QED) is 0.316. The number of piperidine rings is 1. The van der Waals surface area contributed by atoms with Crippen molar-refractivity contribution in [2.24, 2.45) is 5.73 Å². The number of anilines is 2. The van der Waals surface area contributed by atoms with Gasteiger partial charge in [0.15, 0.2) is 0 Å². The fourth-order valence-electron chi connectivity index (χ4n) is 5.26. The van der Waals surface area contributed by atoms with Gasteiger partial charge in [0.1, 0.15) is 17.5 Å². The van der Waals surface area contributed by atoms with Crippen molar-refractivity contribution in [3.05, 3.63) is 77.7 Å². The highest BCUT2D eigenvalue weighted by molar-refractivity contribution is 6.03. The summed E-state index contributed by atoms with van der Waals surface area (Å²) >= 11 is 0. The Morgan fingerprint density at radius 3 is 2.52 bits per heavy atom. The van der Waals surface area contributed by atoms with Gasteiger partial charge in [-0.1, -0.05) is 12.1 Å². The SMILES string of the molecule is COC(=O)Nc1c(F)cc(F)cc1-c1ccc2ncc(-c3cc(C)cc(F)c3)c(N3CC[C@@H](N)[C@H](OC)C3)c2c1. The van der Waals surface area contributed by atoms with Gasteiger partial charge in [-0.05, 0) is 60.4 Å². The molecular weight excluding hydrogens is 521 g/mol. The Balaban J connectivity index is 1.76. The lowest BCUT2D eigenvalue weighted by atomic mass is 9.94. The molecule has 0 saturated carbocycles. The van der Waals surface area contributed by atoms with Gasteiger partial charge in [-0.2, -0.15) is 0 Å². The molecule has 0 unspecified atom stereocenters. The van der Waals surface area contributed by atoms with E-state index >= 15 is 0 Å². The third-order valence-electron chi connectivity index (χ3n) is 7.20. The Bertz CT molecular complexity index is 1580. The van der Waals surface area contributed by atoms with Crippen LogP contribution in [0, 0.1) is 24.4 Å². The molecule has 10 heteroatoms. The molecule has 3 N–H and O–H groups in total. The maximum atomic E-state index is 14.9. The van der Waals surface area contributed by atoms with Gasteiger partial charge >= 0.3 is 6.09 Å². The summed E-state index contributed by atoms with van der Waals surface area (Å²) < 4.78 is 54.1. The standard InChI is InChI=1S/C30H29F3N4O3/c1-16-8-18(10-19(31)9-16)23-14-35-26-5-4-17(21-12-20(32)13-24(33)28(21)36-30(38)40-3)11-22(26)29(23)37-7-6-25(34)27(15-37)39-2/h4-5,8-14,25,27H,6-7,15,34H2,1-3H3,(H,36,38)/t25-,27-/m1/s1. The van der Waals surface area contributed by atoms with E-state index in [9.17, 15) is 18.0 Å². The van der Waals surface area contributed by atoms with Crippen molar-refractivity contribution in [3.8, 4) is 22.3 Å². The largest absolute Gasteiger partial charge is 0.453 e. The number of ether oxygens (including phenoxy) is 2. The van der Waals surface area contributed by atoms with Crippen molar-refractivity contribution in [2.45, 2.75) is 25.5 Å². The smallest absolute Gasteiger partial charge is 0.411 e. The van der Waals surface area contributed by atoms with Gasteiger partial charge in [-0.3, -0.25) is 10.3 Å². The van der Waals surface area contributed by atoms with Gasteiger partial charge in [0.05, 0.1) is 30.1 Å². The minimum Gasteiger partial charge on any atom is -0.453 e. The van der Waals surface area contributed by atoms with Crippen LogP contribution in [0.2, 0.25) is 0 Å². The van der Waals surface area contributed by atoms with Gasteiger partial charge in [0.2, 0.25) is 0 Å². The fourth-order valence-corrected chi connectivity index (χ4v) is 5.26. The zero-order valence-electron chi connectivity index (χ0n) is 22.3. The second kappa shape index (κ2) is 11.1. The van der Waals surface area contributed by atoms with Crippen LogP contribution in [0.25, 0.3) is 33.2 Å². The Morgan fingerprint density at radius 2 is 1.80 bits per heavy atom. The maximum Gasteiger partial charge on any atom is 0.411 e. The summed E-state index contributed by atoms with van der Waals surface area (Å²) in [5, 5.41) is 3.02. The molecule has 7 nitrogen and oxygen atoms in total. The predicted octanol–water partition coefficient (Wildman–Crippen LogP) is 6.03. The molecule has 1 amide bonds. The molecule has 1 saturated heterocycles. The van der Waals surface area contributed by atoms with E-state index in [1.54, 1.807) is 31.5 Å². The zero-order valence-corrected chi connectivity index (χ0v) is 22.3. The van der Waals surface area contributed by atoms with Crippen LogP contribution in [0.5, 0.6) is 0 Å². The number of pyridine rings is 1. The number of halogens is 3. The number of methoxy groups -OCH3 is 2. The summed E-state index contributed by atoms with van der Waals surface area (Å²) in [5.41, 5.74) is 10.1.